The van der Waals surface area contributed by atoms with Gasteiger partial charge in [-0.1, -0.05) is 98.2 Å². The van der Waals surface area contributed by atoms with E-state index in [4.69, 9.17) is 9.73 Å². The van der Waals surface area contributed by atoms with Gasteiger partial charge in [-0.15, -0.1) is 0 Å². The number of benzene rings is 4. The van der Waals surface area contributed by atoms with E-state index >= 15 is 4.79 Å². The minimum absolute atomic E-state index is 0.123. The van der Waals surface area contributed by atoms with Gasteiger partial charge in [0.2, 0.25) is 10.0 Å². The van der Waals surface area contributed by atoms with Gasteiger partial charge in [0.25, 0.3) is 5.91 Å². The molecule has 1 spiro atoms. The third-order valence-electron chi connectivity index (χ3n) is 8.60. The molecule has 0 fully saturated rings. The monoisotopic (exact) mass is 777 g/mol. The Morgan fingerprint density at radius 2 is 1.61 bits per heavy atom. The van der Waals surface area contributed by atoms with Crippen molar-refractivity contribution < 1.29 is 17.9 Å². The van der Waals surface area contributed by atoms with E-state index in [1.54, 1.807) is 23.8 Å². The van der Waals surface area contributed by atoms with Gasteiger partial charge >= 0.3 is 0 Å². The normalized spacial score (nSPS) is 22.1. The summed E-state index contributed by atoms with van der Waals surface area (Å²) in [4.78, 5) is 22.4. The third kappa shape index (κ3) is 5.51. The number of sulfonamides is 1. The van der Waals surface area contributed by atoms with Crippen LogP contribution in [0.1, 0.15) is 39.8 Å². The first kappa shape index (κ1) is 31.2. The van der Waals surface area contributed by atoms with Gasteiger partial charge in [0, 0.05) is 37.4 Å². The maximum atomic E-state index is 15.2. The Hall–Kier alpha value is -3.38. The SMILES string of the molecule is COc1ccc2c(c1)[C@@]1(N=C3S[C@H](c4ccc(Br)cc4)CC(NS(C)(=O)=O)=C3[C@H]1c1ccc(Br)cc1)C(=O)N2Cc1ccccc1. The number of methoxy groups -OCH3 is 1. The number of hydrogen-bond donors (Lipinski definition) is 1. The number of anilines is 1. The van der Waals surface area contributed by atoms with E-state index in [9.17, 15) is 8.42 Å². The minimum atomic E-state index is -3.66. The summed E-state index contributed by atoms with van der Waals surface area (Å²) in [5.74, 6) is -0.153. The quantitative estimate of drug-likeness (QED) is 0.207. The van der Waals surface area contributed by atoms with E-state index in [1.165, 1.54) is 0 Å². The second-order valence-corrected chi connectivity index (χ2v) is 16.3. The van der Waals surface area contributed by atoms with Crippen LogP contribution in [0.5, 0.6) is 5.75 Å². The fourth-order valence-electron chi connectivity index (χ4n) is 6.65. The predicted octanol–water partition coefficient (Wildman–Crippen LogP) is 7.84. The molecule has 4 aromatic rings. The molecule has 7 nitrogen and oxygen atoms in total. The van der Waals surface area contributed by atoms with Gasteiger partial charge in [0.1, 0.15) is 5.75 Å². The first-order valence-corrected chi connectivity index (χ1v) is 19.0. The van der Waals surface area contributed by atoms with Gasteiger partial charge in [-0.25, -0.2) is 8.42 Å². The molecule has 3 aliphatic heterocycles. The van der Waals surface area contributed by atoms with Crippen molar-refractivity contribution in [2.75, 3.05) is 18.3 Å². The number of rotatable bonds is 7. The third-order valence-corrected chi connectivity index (χ3v) is 11.5. The van der Waals surface area contributed by atoms with E-state index in [2.05, 4.69) is 36.6 Å². The number of aliphatic imine (C=N–C) groups is 1. The maximum absolute atomic E-state index is 15.2. The number of fused-ring (bicyclic) bond motifs is 3. The number of ether oxygens (including phenoxy) is 1. The number of allylic oxidation sites excluding steroid dienone is 1. The standard InChI is InChI=1S/C35H29Br2N3O4S2/c1-44-26-16-17-29-27(18-26)35(34(41)40(29)20-21-6-4-3-5-7-21)32(23-10-14-25(37)15-11-23)31-28(39-46(2,42)43)19-30(45-33(31)38-35)22-8-12-24(36)13-9-22/h3-18,30,32,39H,19-20H2,1-2H3/t30-,32+,35-/m0/s1. The van der Waals surface area contributed by atoms with Crippen LogP contribution in [0.4, 0.5) is 5.69 Å². The predicted molar refractivity (Wildman–Crippen MR) is 191 cm³/mol. The molecule has 0 saturated carbocycles. The van der Waals surface area contributed by atoms with Gasteiger partial charge in [0.05, 0.1) is 36.6 Å². The van der Waals surface area contributed by atoms with Crippen LogP contribution in [0, 0.1) is 0 Å². The summed E-state index contributed by atoms with van der Waals surface area (Å²) in [7, 11) is -2.05. The Labute approximate surface area is 289 Å². The Kier molecular flexibility index (Phi) is 8.15. The lowest BCUT2D eigenvalue weighted by molar-refractivity contribution is -0.123. The second-order valence-electron chi connectivity index (χ2n) is 11.6. The van der Waals surface area contributed by atoms with Crippen LogP contribution in [-0.4, -0.2) is 32.7 Å². The van der Waals surface area contributed by atoms with E-state index in [0.717, 1.165) is 48.7 Å². The highest BCUT2D eigenvalue weighted by molar-refractivity contribution is 9.10. The number of carbonyl (C=O) groups excluding carboxylic acids is 1. The van der Waals surface area contributed by atoms with Gasteiger partial charge < -0.3 is 9.64 Å². The van der Waals surface area contributed by atoms with Crippen LogP contribution in [0.15, 0.2) is 122 Å². The first-order valence-electron chi connectivity index (χ1n) is 14.6. The van der Waals surface area contributed by atoms with Crippen molar-refractivity contribution in [1.29, 1.82) is 0 Å². The summed E-state index contributed by atoms with van der Waals surface area (Å²) in [6.45, 7) is 0.362. The lowest BCUT2D eigenvalue weighted by Crippen LogP contribution is -2.42. The van der Waals surface area contributed by atoms with Crippen molar-refractivity contribution in [3.8, 4) is 5.75 Å². The lowest BCUT2D eigenvalue weighted by Gasteiger charge is -2.32. The molecule has 0 aliphatic carbocycles. The van der Waals surface area contributed by atoms with Crippen LogP contribution >= 0.6 is 43.6 Å². The van der Waals surface area contributed by atoms with Crippen molar-refractivity contribution >= 4 is 70.3 Å². The molecule has 1 amide bonds. The van der Waals surface area contributed by atoms with Gasteiger partial charge in [-0.2, -0.15) is 0 Å². The highest BCUT2D eigenvalue weighted by Gasteiger charge is 2.62. The molecular weight excluding hydrogens is 750 g/mol. The molecule has 3 heterocycles. The van der Waals surface area contributed by atoms with Gasteiger partial charge in [0.15, 0.2) is 5.54 Å². The van der Waals surface area contributed by atoms with Crippen molar-refractivity contribution in [1.82, 2.24) is 4.72 Å². The summed E-state index contributed by atoms with van der Waals surface area (Å²) < 4.78 is 36.2. The smallest absolute Gasteiger partial charge is 0.260 e. The zero-order valence-electron chi connectivity index (χ0n) is 24.9. The topological polar surface area (TPSA) is 88.1 Å². The molecule has 3 atom stereocenters. The zero-order chi connectivity index (χ0) is 32.2. The van der Waals surface area contributed by atoms with Crippen LogP contribution in [-0.2, 0) is 26.9 Å². The van der Waals surface area contributed by atoms with Gasteiger partial charge in [-0.05, 0) is 59.2 Å². The van der Waals surface area contributed by atoms with Crippen LogP contribution in [0.3, 0.4) is 0 Å². The summed E-state index contributed by atoms with van der Waals surface area (Å²) in [6, 6.07) is 31.5. The molecule has 4 aromatic carbocycles. The molecule has 3 aliphatic rings. The Balaban J connectivity index is 1.49. The highest BCUT2D eigenvalue weighted by Crippen LogP contribution is 2.62. The van der Waals surface area contributed by atoms with Crippen molar-refractivity contribution in [3.63, 3.8) is 0 Å². The highest BCUT2D eigenvalue weighted by atomic mass is 79.9. The molecule has 0 aromatic heterocycles. The molecule has 0 saturated heterocycles. The molecular formula is C35H29Br2N3O4S2. The average molecular weight is 780 g/mol. The Morgan fingerprint density at radius 1 is 0.957 bits per heavy atom. The van der Waals surface area contributed by atoms with E-state index < -0.39 is 21.5 Å². The number of nitrogens with one attached hydrogen (secondary N) is 1. The molecule has 0 unspecified atom stereocenters. The molecule has 46 heavy (non-hydrogen) atoms. The summed E-state index contributed by atoms with van der Waals surface area (Å²) in [5, 5.41) is 0.532. The zero-order valence-corrected chi connectivity index (χ0v) is 29.7. The minimum Gasteiger partial charge on any atom is -0.497 e. The number of nitrogens with zero attached hydrogens (tertiary/aromatic N) is 2. The van der Waals surface area contributed by atoms with Crippen molar-refractivity contribution in [2.45, 2.75) is 29.7 Å². The Bertz CT molecular complexity index is 2020. The number of thioether (sulfide) groups is 1. The lowest BCUT2D eigenvalue weighted by atomic mass is 9.73. The summed E-state index contributed by atoms with van der Waals surface area (Å²) in [5.41, 5.74) is 4.27. The number of carbonyl (C=O) groups is 1. The molecule has 0 radical (unpaired) electrons. The number of amides is 1. The van der Waals surface area contributed by atoms with Crippen LogP contribution in [0.25, 0.3) is 0 Å². The van der Waals surface area contributed by atoms with Crippen molar-refractivity contribution in [3.05, 3.63) is 140 Å². The van der Waals surface area contributed by atoms with E-state index in [1.807, 2.05) is 97.1 Å². The number of halogens is 2. The van der Waals surface area contributed by atoms with Crippen LogP contribution < -0.4 is 14.4 Å². The fraction of sp³-hybridized carbons (Fsp3) is 0.200. The molecule has 1 N–H and O–H groups in total. The summed E-state index contributed by atoms with van der Waals surface area (Å²) >= 11 is 8.66. The largest absolute Gasteiger partial charge is 0.497 e. The fourth-order valence-corrected chi connectivity index (χ4v) is 9.20. The molecule has 234 valence electrons. The summed E-state index contributed by atoms with van der Waals surface area (Å²) in [6.07, 6.45) is 1.58. The molecule has 0 bridgehead atoms. The molecule has 11 heteroatoms. The number of hydrogen-bond acceptors (Lipinski definition) is 6. The molecule has 7 rings (SSSR count). The Morgan fingerprint density at radius 3 is 2.24 bits per heavy atom. The first-order chi connectivity index (χ1) is 22.1. The van der Waals surface area contributed by atoms with Crippen LogP contribution in [0.2, 0.25) is 0 Å². The van der Waals surface area contributed by atoms with Gasteiger partial charge in [-0.3, -0.25) is 14.5 Å². The maximum Gasteiger partial charge on any atom is 0.260 e. The van der Waals surface area contributed by atoms with E-state index in [0.29, 0.717) is 29.5 Å². The average Bonchev–Trinajstić information content (AvgIpc) is 3.50. The second kappa shape index (κ2) is 12.0. The van der Waals surface area contributed by atoms with Crippen molar-refractivity contribution in [2.24, 2.45) is 4.99 Å². The van der Waals surface area contributed by atoms with E-state index in [-0.39, 0.29) is 11.2 Å².